The molecule has 1 aromatic heterocycles. The van der Waals surface area contributed by atoms with Crippen molar-refractivity contribution in [3.05, 3.63) is 52.3 Å². The van der Waals surface area contributed by atoms with Crippen LogP contribution in [0.25, 0.3) is 0 Å². The van der Waals surface area contributed by atoms with Crippen LogP contribution in [0.1, 0.15) is 24.1 Å². The van der Waals surface area contributed by atoms with Crippen LogP contribution in [-0.4, -0.2) is 28.8 Å². The number of rotatable bonds is 6. The van der Waals surface area contributed by atoms with Crippen LogP contribution < -0.4 is 10.6 Å². The number of nitrogens with zero attached hydrogens (tertiary/aromatic N) is 2. The van der Waals surface area contributed by atoms with E-state index in [1.807, 2.05) is 32.3 Å². The molecule has 0 spiro atoms. The minimum atomic E-state index is -0.390. The molecule has 0 saturated heterocycles. The Morgan fingerprint density at radius 1 is 1.43 bits per heavy atom. The van der Waals surface area contributed by atoms with Gasteiger partial charge < -0.3 is 10.6 Å². The zero-order chi connectivity index (χ0) is 16.1. The van der Waals surface area contributed by atoms with E-state index in [1.165, 1.54) is 5.56 Å². The molecule has 2 atom stereocenters. The number of amides is 1. The molecule has 1 amide bonds. The first-order chi connectivity index (χ1) is 10.5. The van der Waals surface area contributed by atoms with Gasteiger partial charge in [-0.25, -0.2) is 0 Å². The molecule has 2 aromatic rings. The second-order valence-electron chi connectivity index (χ2n) is 5.41. The molecule has 5 nitrogen and oxygen atoms in total. The number of hydrogen-bond donors (Lipinski definition) is 2. The van der Waals surface area contributed by atoms with Gasteiger partial charge in [-0.1, -0.05) is 28.1 Å². The fraction of sp³-hybridized carbons (Fsp3) is 0.375. The van der Waals surface area contributed by atoms with Gasteiger partial charge in [-0.2, -0.15) is 5.10 Å². The molecular weight excluding hydrogens is 380 g/mol. The molecule has 0 fully saturated rings. The lowest BCUT2D eigenvalue weighted by atomic mass is 10.1. The van der Waals surface area contributed by atoms with E-state index in [0.717, 1.165) is 16.5 Å². The third-order valence-electron chi connectivity index (χ3n) is 3.43. The highest BCUT2D eigenvalue weighted by Gasteiger charge is 2.21. The Morgan fingerprint density at radius 2 is 2.17 bits per heavy atom. The van der Waals surface area contributed by atoms with E-state index in [-0.39, 0.29) is 24.4 Å². The van der Waals surface area contributed by atoms with Crippen LogP contribution in [0, 0.1) is 0 Å². The first kappa shape index (κ1) is 19.7. The van der Waals surface area contributed by atoms with Crippen LogP contribution in [0.15, 0.2) is 41.1 Å². The Kier molecular flexibility index (Phi) is 7.75. The number of hydrogen-bond acceptors (Lipinski definition) is 3. The number of likely N-dealkylation sites (N-methyl/N-ethyl adjacent to an activating group) is 1. The Hall–Kier alpha value is -1.37. The van der Waals surface area contributed by atoms with Gasteiger partial charge in [0.25, 0.3) is 0 Å². The molecule has 1 heterocycles. The molecule has 0 bridgehead atoms. The van der Waals surface area contributed by atoms with Crippen molar-refractivity contribution in [2.45, 2.75) is 25.4 Å². The van der Waals surface area contributed by atoms with Crippen LogP contribution in [-0.2, 0) is 18.3 Å². The summed E-state index contributed by atoms with van der Waals surface area (Å²) < 4.78 is 2.74. The smallest absolute Gasteiger partial charge is 0.242 e. The van der Waals surface area contributed by atoms with Gasteiger partial charge in [0.2, 0.25) is 5.91 Å². The van der Waals surface area contributed by atoms with Crippen molar-refractivity contribution >= 4 is 34.2 Å². The molecule has 2 rings (SSSR count). The number of aromatic nitrogens is 2. The van der Waals surface area contributed by atoms with Crippen LogP contribution in [0.3, 0.4) is 0 Å². The monoisotopic (exact) mass is 400 g/mol. The molecule has 1 aromatic carbocycles. The van der Waals surface area contributed by atoms with Gasteiger partial charge in [0.1, 0.15) is 6.04 Å². The number of aryl methyl sites for hydroxylation is 1. The number of halogens is 2. The predicted molar refractivity (Wildman–Crippen MR) is 97.7 cm³/mol. The normalized spacial score (nSPS) is 13.0. The van der Waals surface area contributed by atoms with Gasteiger partial charge in [0.15, 0.2) is 0 Å². The minimum absolute atomic E-state index is 0. The minimum Gasteiger partial charge on any atom is -0.352 e. The summed E-state index contributed by atoms with van der Waals surface area (Å²) in [6.07, 6.45) is 4.34. The number of nitrogens with one attached hydrogen (secondary N) is 2. The quantitative estimate of drug-likeness (QED) is 0.782. The van der Waals surface area contributed by atoms with Crippen molar-refractivity contribution < 1.29 is 4.79 Å². The largest absolute Gasteiger partial charge is 0.352 e. The maximum absolute atomic E-state index is 12.4. The molecule has 2 unspecified atom stereocenters. The molecule has 0 aliphatic carbocycles. The molecule has 0 aliphatic rings. The van der Waals surface area contributed by atoms with E-state index in [2.05, 4.69) is 43.8 Å². The van der Waals surface area contributed by atoms with Crippen molar-refractivity contribution in [3.8, 4) is 0 Å². The summed E-state index contributed by atoms with van der Waals surface area (Å²) in [6, 6.07) is 7.78. The molecular formula is C16H22BrClN4O. The second-order valence-corrected chi connectivity index (χ2v) is 6.33. The van der Waals surface area contributed by atoms with Crippen molar-refractivity contribution in [2.75, 3.05) is 7.05 Å². The van der Waals surface area contributed by atoms with E-state index < -0.39 is 6.04 Å². The van der Waals surface area contributed by atoms with Gasteiger partial charge in [0.05, 0.1) is 6.20 Å². The molecule has 0 aliphatic heterocycles. The number of carbonyl (C=O) groups is 1. The van der Waals surface area contributed by atoms with Crippen molar-refractivity contribution in [3.63, 3.8) is 0 Å². The SMILES string of the molecule is CNC(C(=O)NC(C)Cc1cccc(Br)c1)c1cnn(C)c1.Cl. The Balaban J connectivity index is 0.00000264. The Labute approximate surface area is 151 Å². The van der Waals surface area contributed by atoms with Crippen LogP contribution in [0.5, 0.6) is 0 Å². The maximum atomic E-state index is 12.4. The highest BCUT2D eigenvalue weighted by Crippen LogP contribution is 2.14. The summed E-state index contributed by atoms with van der Waals surface area (Å²) in [5.74, 6) is -0.0435. The first-order valence-corrected chi connectivity index (χ1v) is 7.99. The molecule has 0 radical (unpaired) electrons. The average molecular weight is 402 g/mol. The van der Waals surface area contributed by atoms with E-state index in [9.17, 15) is 4.79 Å². The zero-order valence-electron chi connectivity index (χ0n) is 13.4. The third kappa shape index (κ3) is 5.64. The van der Waals surface area contributed by atoms with Gasteiger partial charge in [-0.15, -0.1) is 12.4 Å². The summed E-state index contributed by atoms with van der Waals surface area (Å²) in [7, 11) is 3.61. The molecule has 126 valence electrons. The third-order valence-corrected chi connectivity index (χ3v) is 3.92. The van der Waals surface area contributed by atoms with Crippen LogP contribution in [0.2, 0.25) is 0 Å². The number of benzene rings is 1. The van der Waals surface area contributed by atoms with Crippen molar-refractivity contribution in [1.82, 2.24) is 20.4 Å². The topological polar surface area (TPSA) is 59.0 Å². The van der Waals surface area contributed by atoms with Gasteiger partial charge >= 0.3 is 0 Å². The maximum Gasteiger partial charge on any atom is 0.242 e. The van der Waals surface area contributed by atoms with Crippen LogP contribution in [0.4, 0.5) is 0 Å². The summed E-state index contributed by atoms with van der Waals surface area (Å²) in [5, 5.41) is 10.2. The van der Waals surface area contributed by atoms with Gasteiger partial charge in [-0.05, 0) is 38.1 Å². The van der Waals surface area contributed by atoms with E-state index >= 15 is 0 Å². The lowest BCUT2D eigenvalue weighted by molar-refractivity contribution is -0.123. The standard InChI is InChI=1S/C16H21BrN4O.ClH/c1-11(7-12-5-4-6-14(17)8-12)20-16(22)15(18-2)13-9-19-21(3)10-13;/h4-6,8-11,15,18H,7H2,1-3H3,(H,20,22);1H. The molecule has 7 heteroatoms. The van der Waals surface area contributed by atoms with Crippen molar-refractivity contribution in [2.24, 2.45) is 7.05 Å². The lowest BCUT2D eigenvalue weighted by Crippen LogP contribution is -2.41. The van der Waals surface area contributed by atoms with Crippen LogP contribution >= 0.6 is 28.3 Å². The van der Waals surface area contributed by atoms with E-state index in [1.54, 1.807) is 17.9 Å². The Bertz CT molecular complexity index is 647. The molecule has 23 heavy (non-hydrogen) atoms. The molecule has 0 saturated carbocycles. The highest BCUT2D eigenvalue weighted by atomic mass is 79.9. The first-order valence-electron chi connectivity index (χ1n) is 7.20. The van der Waals surface area contributed by atoms with Crippen molar-refractivity contribution in [1.29, 1.82) is 0 Å². The highest BCUT2D eigenvalue weighted by molar-refractivity contribution is 9.10. The average Bonchev–Trinajstić information content (AvgIpc) is 2.85. The fourth-order valence-electron chi connectivity index (χ4n) is 2.43. The van der Waals surface area contributed by atoms with Gasteiger partial charge in [-0.3, -0.25) is 9.48 Å². The second kappa shape index (κ2) is 9.05. The summed E-state index contributed by atoms with van der Waals surface area (Å²) in [5.41, 5.74) is 2.04. The summed E-state index contributed by atoms with van der Waals surface area (Å²) in [4.78, 5) is 12.4. The van der Waals surface area contributed by atoms with E-state index in [0.29, 0.717) is 0 Å². The number of carbonyl (C=O) groups excluding carboxylic acids is 1. The Morgan fingerprint density at radius 3 is 2.74 bits per heavy atom. The van der Waals surface area contributed by atoms with E-state index in [4.69, 9.17) is 0 Å². The summed E-state index contributed by atoms with van der Waals surface area (Å²) >= 11 is 3.46. The summed E-state index contributed by atoms with van der Waals surface area (Å²) in [6.45, 7) is 2.01. The lowest BCUT2D eigenvalue weighted by Gasteiger charge is -2.19. The predicted octanol–water partition coefficient (Wildman–Crippen LogP) is 2.61. The molecule has 2 N–H and O–H groups in total. The van der Waals surface area contributed by atoms with Gasteiger partial charge in [0, 0.05) is 29.3 Å². The fourth-order valence-corrected chi connectivity index (χ4v) is 2.88. The zero-order valence-corrected chi connectivity index (χ0v) is 15.8.